The number of furan rings is 1. The second kappa shape index (κ2) is 10.8. The van der Waals surface area contributed by atoms with Crippen LogP contribution in [0.4, 0.5) is 0 Å². The Morgan fingerprint density at radius 3 is 1.65 bits per heavy atom. The number of rotatable bonds is 4. The van der Waals surface area contributed by atoms with Crippen LogP contribution in [0.5, 0.6) is 0 Å². The molecule has 0 bridgehead atoms. The van der Waals surface area contributed by atoms with Gasteiger partial charge in [-0.05, 0) is 82.9 Å². The fourth-order valence-electron chi connectivity index (χ4n) is 8.24. The summed E-state index contributed by atoms with van der Waals surface area (Å²) in [6.45, 7) is 0. The van der Waals surface area contributed by atoms with Crippen LogP contribution in [0.2, 0.25) is 0 Å². The maximum atomic E-state index is 6.37. The molecule has 3 aromatic heterocycles. The van der Waals surface area contributed by atoms with Gasteiger partial charge in [-0.2, -0.15) is 0 Å². The van der Waals surface area contributed by atoms with Crippen molar-refractivity contribution < 1.29 is 4.42 Å². The van der Waals surface area contributed by atoms with Crippen molar-refractivity contribution in [3.8, 4) is 33.6 Å². The lowest BCUT2D eigenvalue weighted by molar-refractivity contribution is 0.669. The first-order valence-corrected chi connectivity index (χ1v) is 17.4. The van der Waals surface area contributed by atoms with Crippen molar-refractivity contribution >= 4 is 65.6 Å². The number of para-hydroxylation sites is 3. The molecule has 3 heterocycles. The molecule has 0 aliphatic carbocycles. The van der Waals surface area contributed by atoms with Crippen molar-refractivity contribution in [2.45, 2.75) is 0 Å². The van der Waals surface area contributed by atoms with Gasteiger partial charge in [0.1, 0.15) is 11.2 Å². The first kappa shape index (κ1) is 28.0. The second-order valence-electron chi connectivity index (χ2n) is 13.3. The minimum atomic E-state index is 0.892. The SMILES string of the molecule is c1ccc(-c2cccc(-c3cccc(-n4c5ccccc5c5cc6c7ccccc7n(-c7cccc8oc9ccccc9c78)c6cc54)c3)c2)cc1. The van der Waals surface area contributed by atoms with Gasteiger partial charge in [-0.25, -0.2) is 0 Å². The fraction of sp³-hybridized carbons (Fsp3) is 0. The van der Waals surface area contributed by atoms with Crippen molar-refractivity contribution in [3.05, 3.63) is 182 Å². The summed E-state index contributed by atoms with van der Waals surface area (Å²) in [6, 6.07) is 65.5. The molecule has 238 valence electrons. The zero-order valence-corrected chi connectivity index (χ0v) is 27.6. The minimum Gasteiger partial charge on any atom is -0.456 e. The highest BCUT2D eigenvalue weighted by Gasteiger charge is 2.21. The molecular weight excluding hydrogens is 621 g/mol. The third-order valence-corrected chi connectivity index (χ3v) is 10.5. The van der Waals surface area contributed by atoms with Gasteiger partial charge in [0.05, 0.1) is 33.1 Å². The Morgan fingerprint density at radius 2 is 0.863 bits per heavy atom. The molecule has 0 radical (unpaired) electrons. The number of aromatic nitrogens is 2. The highest BCUT2D eigenvalue weighted by Crippen LogP contribution is 2.42. The van der Waals surface area contributed by atoms with Gasteiger partial charge in [0.25, 0.3) is 0 Å². The minimum absolute atomic E-state index is 0.892. The lowest BCUT2D eigenvalue weighted by atomic mass is 9.99. The van der Waals surface area contributed by atoms with Gasteiger partial charge >= 0.3 is 0 Å². The van der Waals surface area contributed by atoms with Gasteiger partial charge in [0, 0.05) is 32.6 Å². The van der Waals surface area contributed by atoms with Gasteiger partial charge in [-0.3, -0.25) is 0 Å². The van der Waals surface area contributed by atoms with Crippen molar-refractivity contribution in [2.75, 3.05) is 0 Å². The standard InChI is InChI=1S/C48H30N2O/c1-2-13-31(14-3-1)32-15-10-16-33(27-32)34-17-11-18-35(28-34)49-41-22-7-4-19-36(41)39-29-40-37-20-5-8-23-42(37)50(45(40)30-44(39)49)43-24-12-26-47-48(43)38-21-6-9-25-46(38)51-47/h1-30H. The molecule has 11 rings (SSSR count). The topological polar surface area (TPSA) is 23.0 Å². The molecular formula is C48H30N2O. The van der Waals surface area contributed by atoms with Gasteiger partial charge in [0.2, 0.25) is 0 Å². The summed E-state index contributed by atoms with van der Waals surface area (Å²) in [5, 5.41) is 7.20. The number of benzene rings is 8. The Kier molecular flexibility index (Phi) is 5.96. The molecule has 0 atom stereocenters. The molecule has 0 saturated heterocycles. The molecule has 0 N–H and O–H groups in total. The largest absolute Gasteiger partial charge is 0.456 e. The predicted molar refractivity (Wildman–Crippen MR) is 213 cm³/mol. The molecule has 0 saturated carbocycles. The summed E-state index contributed by atoms with van der Waals surface area (Å²) >= 11 is 0. The molecule has 3 heteroatoms. The number of fused-ring (bicyclic) bond motifs is 9. The van der Waals surface area contributed by atoms with Crippen molar-refractivity contribution in [3.63, 3.8) is 0 Å². The molecule has 0 aliphatic heterocycles. The van der Waals surface area contributed by atoms with Crippen molar-refractivity contribution in [2.24, 2.45) is 0 Å². The first-order valence-electron chi connectivity index (χ1n) is 17.4. The van der Waals surface area contributed by atoms with Gasteiger partial charge in [0.15, 0.2) is 0 Å². The average Bonchev–Trinajstić information content (AvgIpc) is 3.85. The Bertz CT molecular complexity index is 3140. The van der Waals surface area contributed by atoms with E-state index in [1.54, 1.807) is 0 Å². The normalized spacial score (nSPS) is 11.9. The predicted octanol–water partition coefficient (Wildman–Crippen LogP) is 13.1. The molecule has 3 nitrogen and oxygen atoms in total. The Balaban J connectivity index is 1.19. The van der Waals surface area contributed by atoms with Crippen LogP contribution < -0.4 is 0 Å². The van der Waals surface area contributed by atoms with Crippen LogP contribution in [0.15, 0.2) is 186 Å². The van der Waals surface area contributed by atoms with E-state index in [2.05, 4.69) is 185 Å². The Morgan fingerprint density at radius 1 is 0.314 bits per heavy atom. The summed E-state index contributed by atoms with van der Waals surface area (Å²) in [5.74, 6) is 0. The number of hydrogen-bond acceptors (Lipinski definition) is 1. The monoisotopic (exact) mass is 650 g/mol. The Labute approximate surface area is 293 Å². The van der Waals surface area contributed by atoms with Gasteiger partial charge < -0.3 is 13.6 Å². The van der Waals surface area contributed by atoms with Crippen LogP contribution in [0.3, 0.4) is 0 Å². The van der Waals surface area contributed by atoms with E-state index in [-0.39, 0.29) is 0 Å². The van der Waals surface area contributed by atoms with Gasteiger partial charge in [-0.1, -0.05) is 121 Å². The van der Waals surface area contributed by atoms with Crippen LogP contribution >= 0.6 is 0 Å². The molecule has 51 heavy (non-hydrogen) atoms. The number of hydrogen-bond donors (Lipinski definition) is 0. The summed E-state index contributed by atoms with van der Waals surface area (Å²) in [4.78, 5) is 0. The van der Waals surface area contributed by atoms with E-state index < -0.39 is 0 Å². The molecule has 0 aliphatic rings. The number of nitrogens with zero attached hydrogens (tertiary/aromatic N) is 2. The third kappa shape index (κ3) is 4.19. The van der Waals surface area contributed by atoms with Crippen LogP contribution in [-0.2, 0) is 0 Å². The molecule has 0 unspecified atom stereocenters. The first-order chi connectivity index (χ1) is 25.3. The highest BCUT2D eigenvalue weighted by molar-refractivity contribution is 6.20. The summed E-state index contributed by atoms with van der Waals surface area (Å²) in [5.41, 5.74) is 13.6. The van der Waals surface area contributed by atoms with Crippen LogP contribution in [-0.4, -0.2) is 9.13 Å². The van der Waals surface area contributed by atoms with Crippen molar-refractivity contribution in [1.82, 2.24) is 9.13 Å². The van der Waals surface area contributed by atoms with E-state index in [4.69, 9.17) is 4.42 Å². The molecule has 0 amide bonds. The molecule has 8 aromatic carbocycles. The van der Waals surface area contributed by atoms with E-state index in [1.807, 2.05) is 6.07 Å². The van der Waals surface area contributed by atoms with E-state index in [0.29, 0.717) is 0 Å². The Hall–Kier alpha value is -6.84. The smallest absolute Gasteiger partial charge is 0.137 e. The zero-order chi connectivity index (χ0) is 33.5. The third-order valence-electron chi connectivity index (χ3n) is 10.5. The maximum Gasteiger partial charge on any atom is 0.137 e. The van der Waals surface area contributed by atoms with Crippen LogP contribution in [0, 0.1) is 0 Å². The molecule has 0 fully saturated rings. The fourth-order valence-corrected chi connectivity index (χ4v) is 8.24. The van der Waals surface area contributed by atoms with Crippen molar-refractivity contribution in [1.29, 1.82) is 0 Å². The lowest BCUT2D eigenvalue weighted by Gasteiger charge is -2.12. The molecule has 11 aromatic rings. The van der Waals surface area contributed by atoms with E-state index in [9.17, 15) is 0 Å². The quantitative estimate of drug-likeness (QED) is 0.186. The highest BCUT2D eigenvalue weighted by atomic mass is 16.3. The molecule has 0 spiro atoms. The second-order valence-corrected chi connectivity index (χ2v) is 13.3. The average molecular weight is 651 g/mol. The van der Waals surface area contributed by atoms with E-state index in [1.165, 1.54) is 60.3 Å². The lowest BCUT2D eigenvalue weighted by Crippen LogP contribution is -1.96. The van der Waals surface area contributed by atoms with Crippen LogP contribution in [0.25, 0.3) is 99.2 Å². The summed E-state index contributed by atoms with van der Waals surface area (Å²) in [7, 11) is 0. The summed E-state index contributed by atoms with van der Waals surface area (Å²) in [6.07, 6.45) is 0. The maximum absolute atomic E-state index is 6.37. The van der Waals surface area contributed by atoms with E-state index >= 15 is 0 Å². The summed E-state index contributed by atoms with van der Waals surface area (Å²) < 4.78 is 11.2. The van der Waals surface area contributed by atoms with Crippen LogP contribution in [0.1, 0.15) is 0 Å². The van der Waals surface area contributed by atoms with E-state index in [0.717, 1.165) is 38.8 Å². The van der Waals surface area contributed by atoms with Gasteiger partial charge in [-0.15, -0.1) is 0 Å². The zero-order valence-electron chi connectivity index (χ0n) is 27.6.